The summed E-state index contributed by atoms with van der Waals surface area (Å²) in [5, 5.41) is 44.7. The van der Waals surface area contributed by atoms with Crippen molar-refractivity contribution in [2.75, 3.05) is 31.1 Å². The number of fused-ring (bicyclic) bond motifs is 5. The average molecular weight is 1480 g/mol. The lowest BCUT2D eigenvalue weighted by molar-refractivity contribution is -0.143. The van der Waals surface area contributed by atoms with Gasteiger partial charge in [-0.25, -0.2) is 13.8 Å². The smallest absolute Gasteiger partial charge is 0.305 e. The topological polar surface area (TPSA) is 453 Å². The van der Waals surface area contributed by atoms with Crippen molar-refractivity contribution in [2.24, 2.45) is 29.2 Å². The van der Waals surface area contributed by atoms with Gasteiger partial charge >= 0.3 is 5.97 Å². The Labute approximate surface area is 607 Å². The van der Waals surface area contributed by atoms with Crippen LogP contribution in [0.1, 0.15) is 112 Å². The number of thioether (sulfide) groups is 2. The van der Waals surface area contributed by atoms with Crippen molar-refractivity contribution < 1.29 is 76.5 Å². The number of unbranched alkanes of at least 4 members (excludes halogenated alkanes) is 1. The standard InChI is InChI=1S/C71H91F2N15O14S2/c1-38(89)80-59-36-104-34-41-7-4-6-40(22-41)33-103-35-58(63(75)94)87-70(101)60-9-5-21-88(60)71(102)57(23-39-10-17-48(90)18-11-39)86-67(98)55(28-47-31-76-37-79-47)84-68(99)56(29-62(92)93)85-66(97)54(24-43-13-12-42-14-15-45(72)26-49(42)43)83-65(96)53(25-44-30-77-51-19-16-46(73)27-50(44)51)81-61(91)32-78-64(95)52(82-69(59)100)8-2-3-20-74/h4,6-7,10-11,16-19,22,27,30-31,37,42-43,45,49,52-60,77,90H,2-3,5,8-9,12-15,20-21,23-26,28-29,32-36,74H2,1H3,(H2,75,94)(H,76,79)(H,78,95)(H,80,89)(H,81,91)(H,82,100)(H,83,96)(H,84,99)(H,85,97)(H,86,98)(H,87,101)(H,92,93)/t42?,43?,45?,49?,52-,53-,54-,55-,56-,57-,58-,59-,60-/m0/s1. The van der Waals surface area contributed by atoms with Crippen molar-refractivity contribution in [1.82, 2.24) is 67.7 Å². The van der Waals surface area contributed by atoms with Crippen LogP contribution in [0, 0.1) is 23.6 Å². The highest BCUT2D eigenvalue weighted by Gasteiger charge is 2.45. The molecule has 2 aliphatic heterocycles. The van der Waals surface area contributed by atoms with Crippen LogP contribution in [0.25, 0.3) is 10.9 Å². The van der Waals surface area contributed by atoms with Gasteiger partial charge in [0.1, 0.15) is 72.1 Å². The van der Waals surface area contributed by atoms with E-state index in [9.17, 15) is 57.8 Å². The number of carboxylic acid groups (broad SMARTS) is 1. The van der Waals surface area contributed by atoms with E-state index in [0.717, 1.165) is 11.1 Å². The fraction of sp³-hybridized carbons (Fsp3) is 0.507. The lowest BCUT2D eigenvalue weighted by Gasteiger charge is -2.33. The number of hydrogen-bond acceptors (Lipinski definition) is 17. The van der Waals surface area contributed by atoms with E-state index in [-0.39, 0.29) is 92.8 Å². The number of carbonyl (C=O) groups excluding carboxylic acids is 11. The van der Waals surface area contributed by atoms with E-state index < -0.39 is 156 Å². The van der Waals surface area contributed by atoms with Crippen molar-refractivity contribution in [3.63, 3.8) is 0 Å². The lowest BCUT2D eigenvalue weighted by atomic mass is 9.75. The second-order valence-corrected chi connectivity index (χ2v) is 29.1. The molecule has 33 heteroatoms. The van der Waals surface area contributed by atoms with Gasteiger partial charge < -0.3 is 84.4 Å². The number of aliphatic carboxylic acids is 1. The number of alkyl halides is 1. The minimum atomic E-state index is -1.99. The molecule has 5 aromatic rings. The number of nitrogens with one attached hydrogen (secondary N) is 11. The van der Waals surface area contributed by atoms with Crippen LogP contribution in [-0.4, -0.2) is 193 Å². The largest absolute Gasteiger partial charge is 0.508 e. The van der Waals surface area contributed by atoms with E-state index >= 15 is 18.8 Å². The first-order chi connectivity index (χ1) is 49.9. The van der Waals surface area contributed by atoms with Gasteiger partial charge in [0, 0.05) is 84.7 Å². The maximum Gasteiger partial charge on any atom is 0.305 e. The molecule has 2 bridgehead atoms. The van der Waals surface area contributed by atoms with E-state index in [0.29, 0.717) is 78.5 Å². The molecule has 13 atom stereocenters. The fourth-order valence-electron chi connectivity index (χ4n) is 14.1. The normalized spacial score (nSPS) is 26.6. The number of benzene rings is 3. The number of phenols is 1. The van der Waals surface area contributed by atoms with Gasteiger partial charge in [-0.2, -0.15) is 23.5 Å². The molecular weight excluding hydrogens is 1390 g/mol. The zero-order chi connectivity index (χ0) is 74.6. The van der Waals surface area contributed by atoms with Gasteiger partial charge in [0.05, 0.1) is 19.3 Å². The van der Waals surface area contributed by atoms with Gasteiger partial charge in [-0.15, -0.1) is 0 Å². The van der Waals surface area contributed by atoms with E-state index in [1.807, 2.05) is 24.3 Å². The number of aromatic hydroxyl groups is 1. The quantitative estimate of drug-likeness (QED) is 0.0624. The van der Waals surface area contributed by atoms with Crippen molar-refractivity contribution in [3.05, 3.63) is 119 Å². The highest BCUT2D eigenvalue weighted by atomic mass is 32.2. The second kappa shape index (κ2) is 37.7. The third-order valence-electron chi connectivity index (χ3n) is 19.4. The number of hydrogen-bond donors (Lipinski definition) is 15. The van der Waals surface area contributed by atoms with Gasteiger partial charge in [0.2, 0.25) is 65.0 Å². The zero-order valence-corrected chi connectivity index (χ0v) is 59.2. The number of primary amides is 1. The summed E-state index contributed by atoms with van der Waals surface area (Å²) in [5.41, 5.74) is 14.9. The average Bonchev–Trinajstić information content (AvgIpc) is 1.63. The summed E-state index contributed by atoms with van der Waals surface area (Å²) in [4.78, 5) is 182. The molecular formula is C71H91F2N15O14S2. The molecule has 104 heavy (non-hydrogen) atoms. The van der Waals surface area contributed by atoms with Crippen LogP contribution in [0.2, 0.25) is 0 Å². The van der Waals surface area contributed by atoms with E-state index in [1.54, 1.807) is 0 Å². The zero-order valence-electron chi connectivity index (χ0n) is 57.6. The first-order valence-corrected chi connectivity index (χ1v) is 37.2. The predicted molar refractivity (Wildman–Crippen MR) is 381 cm³/mol. The highest BCUT2D eigenvalue weighted by Crippen LogP contribution is 2.48. The molecule has 4 heterocycles. The molecule has 0 spiro atoms. The Kier molecular flexibility index (Phi) is 28.5. The first-order valence-electron chi connectivity index (χ1n) is 34.9. The number of amides is 11. The number of halogens is 2. The van der Waals surface area contributed by atoms with Gasteiger partial charge in [-0.1, -0.05) is 36.4 Å². The number of imidazole rings is 1. The van der Waals surface area contributed by atoms with Crippen LogP contribution < -0.4 is 59.3 Å². The Balaban J connectivity index is 1.06. The summed E-state index contributed by atoms with van der Waals surface area (Å²) in [6, 6.07) is 3.88. The molecule has 1 saturated heterocycles. The Bertz CT molecular complexity index is 3890. The van der Waals surface area contributed by atoms with Crippen molar-refractivity contribution >= 4 is 105 Å². The number of aromatic nitrogens is 3. The van der Waals surface area contributed by atoms with Crippen LogP contribution in [0.5, 0.6) is 5.75 Å². The maximum atomic E-state index is 15.3. The molecule has 2 saturated carbocycles. The summed E-state index contributed by atoms with van der Waals surface area (Å²) in [7, 11) is 0. The molecule has 17 N–H and O–H groups in total. The SMILES string of the molecule is CC(=O)N[C@H]1CSCc2cccc(c2)CSC[C@@H](C(N)=O)NC(=O)[C@@H]2CCCN2C(=O)[C@H](Cc2ccc(O)cc2)NC(=O)[C@H](Cc2cnc[nH]2)NC(=O)[C@H](CC(=O)O)NC(=O)[C@H](CC2CCC3CCC(F)CC32)NC(=O)[C@H](Cc2c[nH]c3ccc(F)cc23)NC(=O)CNC(=O)[C@H](CCCCN)NC1=O. The van der Waals surface area contributed by atoms with Crippen molar-refractivity contribution in [1.29, 1.82) is 0 Å². The van der Waals surface area contributed by atoms with Gasteiger partial charge in [-0.3, -0.25) is 57.5 Å². The molecule has 2 aromatic heterocycles. The number of nitrogens with two attached hydrogens (primary N) is 2. The number of carboxylic acids is 1. The molecule has 4 unspecified atom stereocenters. The van der Waals surface area contributed by atoms with Gasteiger partial charge in [0.25, 0.3) is 0 Å². The number of phenolic OH excluding ortho intramolecular Hbond substituents is 1. The summed E-state index contributed by atoms with van der Waals surface area (Å²) < 4.78 is 30.2. The van der Waals surface area contributed by atoms with Crippen molar-refractivity contribution in [3.8, 4) is 5.75 Å². The third-order valence-corrected chi connectivity index (χ3v) is 21.6. The second-order valence-electron chi connectivity index (χ2n) is 27.0. The van der Waals surface area contributed by atoms with Crippen LogP contribution >= 0.6 is 23.5 Å². The number of nitrogens with zero attached hydrogens (tertiary/aromatic N) is 2. The minimum Gasteiger partial charge on any atom is -0.508 e. The highest BCUT2D eigenvalue weighted by molar-refractivity contribution is 7.98. The number of H-pyrrole nitrogens is 2. The molecule has 3 aromatic carbocycles. The number of carbonyl (C=O) groups is 12. The van der Waals surface area contributed by atoms with Crippen molar-refractivity contribution in [2.45, 2.75) is 175 Å². The number of aromatic amines is 2. The summed E-state index contributed by atoms with van der Waals surface area (Å²) in [6.45, 7) is 0.733. The lowest BCUT2D eigenvalue weighted by Crippen LogP contribution is -2.61. The van der Waals surface area contributed by atoms with Crippen LogP contribution in [0.3, 0.4) is 0 Å². The third kappa shape index (κ3) is 22.4. The van der Waals surface area contributed by atoms with Crippen LogP contribution in [-0.2, 0) is 88.3 Å². The first kappa shape index (κ1) is 78.5. The van der Waals surface area contributed by atoms with Crippen LogP contribution in [0.15, 0.2) is 85.5 Å². The van der Waals surface area contributed by atoms with Gasteiger partial charge in [-0.05, 0) is 148 Å². The Morgan fingerprint density at radius 1 is 0.702 bits per heavy atom. The fourth-order valence-corrected chi connectivity index (χ4v) is 16.1. The Morgan fingerprint density at radius 2 is 1.38 bits per heavy atom. The molecule has 3 fully saturated rings. The monoisotopic (exact) mass is 1480 g/mol. The van der Waals surface area contributed by atoms with E-state index in [2.05, 4.69) is 62.8 Å². The minimum absolute atomic E-state index is 0.0179. The molecule has 560 valence electrons. The molecule has 9 rings (SSSR count). The Hall–Kier alpha value is -9.63. The predicted octanol–water partition coefficient (Wildman–Crippen LogP) is 1.59. The molecule has 4 aliphatic rings. The molecule has 2 aliphatic carbocycles. The summed E-state index contributed by atoms with van der Waals surface area (Å²) >= 11 is 2.60. The molecule has 29 nitrogen and oxygen atoms in total. The number of rotatable bonds is 16. The van der Waals surface area contributed by atoms with Gasteiger partial charge in [0.15, 0.2) is 0 Å². The summed E-state index contributed by atoms with van der Waals surface area (Å²) in [6.07, 6.45) is 4.34. The van der Waals surface area contributed by atoms with E-state index in [4.69, 9.17) is 11.5 Å². The Morgan fingerprint density at radius 3 is 2.08 bits per heavy atom. The maximum absolute atomic E-state index is 15.3. The summed E-state index contributed by atoms with van der Waals surface area (Å²) in [5.74, 6) is -11.7. The molecule has 11 amide bonds. The molecule has 0 radical (unpaired) electrons. The van der Waals surface area contributed by atoms with Crippen LogP contribution in [0.4, 0.5) is 8.78 Å². The van der Waals surface area contributed by atoms with E-state index in [1.165, 1.54) is 96.5 Å².